The molecule has 1 aromatic carbocycles. The summed E-state index contributed by atoms with van der Waals surface area (Å²) in [6.07, 6.45) is 3.46. The Morgan fingerprint density at radius 1 is 1.11 bits per heavy atom. The first-order valence-electron chi connectivity index (χ1n) is 10.5. The quantitative estimate of drug-likeness (QED) is 0.865. The molecule has 148 valence electrons. The molecule has 3 aliphatic rings. The monoisotopic (exact) mass is 370 g/mol. The fourth-order valence-electron chi connectivity index (χ4n) is 5.32. The van der Waals surface area contributed by atoms with Crippen molar-refractivity contribution in [2.75, 3.05) is 57.8 Å². The van der Waals surface area contributed by atoms with Crippen molar-refractivity contribution >= 4 is 11.6 Å². The highest BCUT2D eigenvalue weighted by Gasteiger charge is 2.46. The van der Waals surface area contributed by atoms with Crippen molar-refractivity contribution in [2.45, 2.75) is 39.2 Å². The Labute approximate surface area is 163 Å². The van der Waals surface area contributed by atoms with Crippen LogP contribution in [0.1, 0.15) is 30.4 Å². The predicted octanol–water partition coefficient (Wildman–Crippen LogP) is 2.03. The number of amides is 1. The molecule has 5 heteroatoms. The molecule has 1 atom stereocenters. The molecule has 5 nitrogen and oxygen atoms in total. The second kappa shape index (κ2) is 7.44. The van der Waals surface area contributed by atoms with E-state index in [0.29, 0.717) is 11.3 Å². The SMILES string of the molecule is Cc1cccc(N2CCN(C(=O)[C@@H]3CC4(CCNCC4)CN3C)CC2)c1C. The Balaban J connectivity index is 1.38. The zero-order chi connectivity index (χ0) is 19.0. The second-order valence-corrected chi connectivity index (χ2v) is 8.92. The number of carbonyl (C=O) groups excluding carboxylic acids is 1. The first kappa shape index (κ1) is 18.8. The van der Waals surface area contributed by atoms with Crippen LogP contribution in [0.4, 0.5) is 5.69 Å². The van der Waals surface area contributed by atoms with Crippen molar-refractivity contribution in [3.05, 3.63) is 29.3 Å². The molecule has 0 aromatic heterocycles. The molecule has 27 heavy (non-hydrogen) atoms. The Bertz CT molecular complexity index is 690. The van der Waals surface area contributed by atoms with Crippen LogP contribution in [0.15, 0.2) is 18.2 Å². The minimum atomic E-state index is 0.0790. The summed E-state index contributed by atoms with van der Waals surface area (Å²) in [4.78, 5) is 20.1. The minimum Gasteiger partial charge on any atom is -0.368 e. The summed E-state index contributed by atoms with van der Waals surface area (Å²) in [5.41, 5.74) is 4.39. The van der Waals surface area contributed by atoms with E-state index in [2.05, 4.69) is 59.1 Å². The van der Waals surface area contributed by atoms with Crippen molar-refractivity contribution in [3.63, 3.8) is 0 Å². The van der Waals surface area contributed by atoms with Gasteiger partial charge in [0, 0.05) is 38.4 Å². The van der Waals surface area contributed by atoms with Crippen LogP contribution in [0.25, 0.3) is 0 Å². The molecule has 0 saturated carbocycles. The number of rotatable bonds is 2. The first-order chi connectivity index (χ1) is 13.0. The zero-order valence-corrected chi connectivity index (χ0v) is 17.1. The maximum Gasteiger partial charge on any atom is 0.240 e. The fraction of sp³-hybridized carbons (Fsp3) is 0.682. The van der Waals surface area contributed by atoms with Crippen LogP contribution in [0.5, 0.6) is 0 Å². The van der Waals surface area contributed by atoms with Gasteiger partial charge in [-0.15, -0.1) is 0 Å². The van der Waals surface area contributed by atoms with Crippen molar-refractivity contribution in [3.8, 4) is 0 Å². The van der Waals surface area contributed by atoms with Crippen LogP contribution in [0.2, 0.25) is 0 Å². The molecular weight excluding hydrogens is 336 g/mol. The topological polar surface area (TPSA) is 38.8 Å². The van der Waals surface area contributed by atoms with Gasteiger partial charge in [-0.1, -0.05) is 12.1 Å². The number of aryl methyl sites for hydroxylation is 1. The largest absolute Gasteiger partial charge is 0.368 e. The van der Waals surface area contributed by atoms with Gasteiger partial charge in [0.2, 0.25) is 5.91 Å². The number of carbonyl (C=O) groups is 1. The number of nitrogens with one attached hydrogen (secondary N) is 1. The fourth-order valence-corrected chi connectivity index (χ4v) is 5.32. The lowest BCUT2D eigenvalue weighted by Gasteiger charge is -2.38. The van der Waals surface area contributed by atoms with Gasteiger partial charge < -0.3 is 15.1 Å². The summed E-state index contributed by atoms with van der Waals surface area (Å²) >= 11 is 0. The summed E-state index contributed by atoms with van der Waals surface area (Å²) in [5.74, 6) is 0.355. The van der Waals surface area contributed by atoms with Gasteiger partial charge in [-0.25, -0.2) is 0 Å². The summed E-state index contributed by atoms with van der Waals surface area (Å²) in [7, 11) is 2.14. The third-order valence-corrected chi connectivity index (χ3v) is 7.20. The van der Waals surface area contributed by atoms with Gasteiger partial charge in [-0.05, 0) is 75.9 Å². The molecule has 3 fully saturated rings. The number of likely N-dealkylation sites (tertiary alicyclic amines) is 1. The van der Waals surface area contributed by atoms with E-state index in [0.717, 1.165) is 52.2 Å². The van der Waals surface area contributed by atoms with Gasteiger partial charge in [-0.2, -0.15) is 0 Å². The van der Waals surface area contributed by atoms with E-state index in [1.54, 1.807) is 0 Å². The zero-order valence-electron chi connectivity index (χ0n) is 17.1. The molecule has 3 saturated heterocycles. The third-order valence-electron chi connectivity index (χ3n) is 7.20. The van der Waals surface area contributed by atoms with Crippen LogP contribution >= 0.6 is 0 Å². The maximum absolute atomic E-state index is 13.3. The van der Waals surface area contributed by atoms with Crippen LogP contribution in [-0.4, -0.2) is 74.6 Å². The van der Waals surface area contributed by atoms with Gasteiger partial charge in [0.25, 0.3) is 0 Å². The minimum absolute atomic E-state index is 0.0790. The highest BCUT2D eigenvalue weighted by atomic mass is 16.2. The molecule has 1 spiro atoms. The van der Waals surface area contributed by atoms with E-state index in [4.69, 9.17) is 0 Å². The summed E-state index contributed by atoms with van der Waals surface area (Å²) in [6.45, 7) is 11.2. The number of piperazine rings is 1. The summed E-state index contributed by atoms with van der Waals surface area (Å²) in [6, 6.07) is 6.60. The molecule has 4 rings (SSSR count). The smallest absolute Gasteiger partial charge is 0.240 e. The van der Waals surface area contributed by atoms with Crippen LogP contribution in [0.3, 0.4) is 0 Å². The summed E-state index contributed by atoms with van der Waals surface area (Å²) < 4.78 is 0. The molecule has 3 aliphatic heterocycles. The van der Waals surface area contributed by atoms with Crippen molar-refractivity contribution < 1.29 is 4.79 Å². The van der Waals surface area contributed by atoms with Crippen LogP contribution in [-0.2, 0) is 4.79 Å². The molecule has 1 aromatic rings. The Hall–Kier alpha value is -1.59. The standard InChI is InChI=1S/C22H34N4O/c1-17-5-4-6-19(18(17)2)25-11-13-26(14-12-25)21(27)20-15-22(16-24(20)3)7-9-23-10-8-22/h4-6,20,23H,7-16H2,1-3H3/t20-/m0/s1. The van der Waals surface area contributed by atoms with E-state index >= 15 is 0 Å². The number of likely N-dealkylation sites (N-methyl/N-ethyl adjacent to an activating group) is 1. The molecular formula is C22H34N4O. The number of hydrogen-bond donors (Lipinski definition) is 1. The molecule has 0 aliphatic carbocycles. The number of anilines is 1. The molecule has 0 radical (unpaired) electrons. The Kier molecular flexibility index (Phi) is 5.17. The van der Waals surface area contributed by atoms with Crippen LogP contribution < -0.4 is 10.2 Å². The average molecular weight is 371 g/mol. The molecule has 0 unspecified atom stereocenters. The highest BCUT2D eigenvalue weighted by molar-refractivity contribution is 5.82. The number of hydrogen-bond acceptors (Lipinski definition) is 4. The second-order valence-electron chi connectivity index (χ2n) is 8.92. The van der Waals surface area contributed by atoms with Gasteiger partial charge in [0.1, 0.15) is 0 Å². The predicted molar refractivity (Wildman–Crippen MR) is 110 cm³/mol. The Morgan fingerprint density at radius 3 is 2.52 bits per heavy atom. The van der Waals surface area contributed by atoms with Crippen LogP contribution in [0, 0.1) is 19.3 Å². The number of nitrogens with zero attached hydrogens (tertiary/aromatic N) is 3. The van der Waals surface area contributed by atoms with E-state index in [1.807, 2.05) is 0 Å². The maximum atomic E-state index is 13.3. The normalized spacial score (nSPS) is 26.0. The highest BCUT2D eigenvalue weighted by Crippen LogP contribution is 2.41. The Morgan fingerprint density at radius 2 is 1.81 bits per heavy atom. The van der Waals surface area contributed by atoms with E-state index < -0.39 is 0 Å². The van der Waals surface area contributed by atoms with Gasteiger partial charge in [0.15, 0.2) is 0 Å². The van der Waals surface area contributed by atoms with Gasteiger partial charge in [0.05, 0.1) is 6.04 Å². The molecule has 0 bridgehead atoms. The lowest BCUT2D eigenvalue weighted by atomic mass is 9.77. The van der Waals surface area contributed by atoms with Crippen molar-refractivity contribution in [1.29, 1.82) is 0 Å². The lowest BCUT2D eigenvalue weighted by molar-refractivity contribution is -0.135. The number of piperidine rings is 1. The first-order valence-corrected chi connectivity index (χ1v) is 10.5. The molecule has 1 amide bonds. The van der Waals surface area contributed by atoms with Gasteiger partial charge in [-0.3, -0.25) is 9.69 Å². The number of benzene rings is 1. The molecule has 1 N–H and O–H groups in total. The van der Waals surface area contributed by atoms with Crippen molar-refractivity contribution in [2.24, 2.45) is 5.41 Å². The van der Waals surface area contributed by atoms with E-state index in [-0.39, 0.29) is 6.04 Å². The van der Waals surface area contributed by atoms with E-state index in [1.165, 1.54) is 29.7 Å². The molecule has 3 heterocycles. The van der Waals surface area contributed by atoms with E-state index in [9.17, 15) is 4.79 Å². The average Bonchev–Trinajstić information content (AvgIpc) is 2.99. The lowest BCUT2D eigenvalue weighted by Crippen LogP contribution is -2.53. The third kappa shape index (κ3) is 3.59. The summed E-state index contributed by atoms with van der Waals surface area (Å²) in [5, 5.41) is 3.47. The van der Waals surface area contributed by atoms with Crippen molar-refractivity contribution in [1.82, 2.24) is 15.1 Å². The van der Waals surface area contributed by atoms with Gasteiger partial charge >= 0.3 is 0 Å².